The largest absolute Gasteiger partial charge is 0.459 e. The van der Waals surface area contributed by atoms with Gasteiger partial charge in [0.1, 0.15) is 11.9 Å². The summed E-state index contributed by atoms with van der Waals surface area (Å²) in [5, 5.41) is 45.8. The van der Waals surface area contributed by atoms with Crippen molar-refractivity contribution in [3.8, 4) is 0 Å². The lowest BCUT2D eigenvalue weighted by Gasteiger charge is -2.35. The van der Waals surface area contributed by atoms with E-state index in [4.69, 9.17) is 4.74 Å². The third-order valence-corrected chi connectivity index (χ3v) is 7.99. The van der Waals surface area contributed by atoms with Gasteiger partial charge in [0, 0.05) is 17.7 Å². The van der Waals surface area contributed by atoms with Crippen molar-refractivity contribution in [2.45, 2.75) is 104 Å². The van der Waals surface area contributed by atoms with E-state index in [1.807, 2.05) is 19.2 Å². The molecule has 2 heterocycles. The number of ether oxygens (including phenoxy) is 1. The average molecular weight is 512 g/mol. The zero-order valence-corrected chi connectivity index (χ0v) is 22.4. The molecule has 1 aromatic rings. The van der Waals surface area contributed by atoms with Crippen LogP contribution in [-0.2, 0) is 14.3 Å². The first-order valence-corrected chi connectivity index (χ1v) is 13.2. The molecule has 1 unspecified atom stereocenters. The smallest absolute Gasteiger partial charge is 0.308 e. The molecule has 0 amide bonds. The Hall–Kier alpha value is -1.65. The number of cyclic esters (lactones) is 1. The maximum absolute atomic E-state index is 13.0. The van der Waals surface area contributed by atoms with Crippen molar-refractivity contribution in [2.75, 3.05) is 0 Å². The zero-order valence-electron chi connectivity index (χ0n) is 21.6. The molecule has 8 nitrogen and oxygen atoms in total. The van der Waals surface area contributed by atoms with Gasteiger partial charge in [-0.2, -0.15) is 0 Å². The average Bonchev–Trinajstić information content (AvgIpc) is 3.20. The molecule has 7 atom stereocenters. The molecule has 0 aromatic carbocycles. The molecule has 2 rings (SSSR count). The van der Waals surface area contributed by atoms with E-state index in [9.17, 15) is 30.0 Å². The Bertz CT molecular complexity index is 896. The second-order valence-electron chi connectivity index (χ2n) is 10.5. The maximum Gasteiger partial charge on any atom is 0.308 e. The third kappa shape index (κ3) is 7.92. The Labute approximate surface area is 212 Å². The molecule has 0 spiro atoms. The number of hydrogen-bond donors (Lipinski definition) is 4. The van der Waals surface area contributed by atoms with E-state index >= 15 is 0 Å². The lowest BCUT2D eigenvalue weighted by atomic mass is 9.73. The topological polar surface area (TPSA) is 137 Å². The summed E-state index contributed by atoms with van der Waals surface area (Å²) in [5.74, 6) is -1.99. The molecular weight excluding hydrogens is 470 g/mol. The number of aliphatic hydroxyl groups is 4. The molecule has 0 bridgehead atoms. The molecular formula is C26H41NO7S. The number of aliphatic hydroxyl groups excluding tert-OH is 4. The number of rotatable bonds is 4. The summed E-state index contributed by atoms with van der Waals surface area (Å²) in [4.78, 5) is 30.1. The molecule has 9 heteroatoms. The molecule has 0 radical (unpaired) electrons. The molecule has 1 fully saturated rings. The van der Waals surface area contributed by atoms with Crippen molar-refractivity contribution in [1.29, 1.82) is 0 Å². The number of ketones is 1. The molecule has 35 heavy (non-hydrogen) atoms. The van der Waals surface area contributed by atoms with E-state index in [0.29, 0.717) is 24.8 Å². The predicted molar refractivity (Wildman–Crippen MR) is 135 cm³/mol. The monoisotopic (exact) mass is 511 g/mol. The summed E-state index contributed by atoms with van der Waals surface area (Å²) < 4.78 is 5.55. The molecule has 0 aliphatic carbocycles. The van der Waals surface area contributed by atoms with Crippen LogP contribution in [0, 0.1) is 24.2 Å². The lowest BCUT2D eigenvalue weighted by Crippen LogP contribution is -2.46. The Kier molecular flexibility index (Phi) is 10.6. The van der Waals surface area contributed by atoms with Crippen LogP contribution in [0.5, 0.6) is 0 Å². The van der Waals surface area contributed by atoms with E-state index in [1.54, 1.807) is 33.8 Å². The minimum atomic E-state index is -1.33. The maximum atomic E-state index is 13.0. The highest BCUT2D eigenvalue weighted by atomic mass is 32.1. The van der Waals surface area contributed by atoms with Crippen LogP contribution < -0.4 is 0 Å². The highest BCUT2D eigenvalue weighted by Gasteiger charge is 2.42. The number of esters is 1. The number of aromatic nitrogens is 1. The summed E-state index contributed by atoms with van der Waals surface area (Å²) in [6.07, 6.45) is -2.53. The van der Waals surface area contributed by atoms with Crippen molar-refractivity contribution in [3.63, 3.8) is 0 Å². The van der Waals surface area contributed by atoms with E-state index in [1.165, 1.54) is 11.3 Å². The summed E-state index contributed by atoms with van der Waals surface area (Å²) in [6.45, 7) is 10.2. The summed E-state index contributed by atoms with van der Waals surface area (Å²) in [5.41, 5.74) is 0.0712. The summed E-state index contributed by atoms with van der Waals surface area (Å²) in [6, 6.07) is 0. The van der Waals surface area contributed by atoms with Crippen molar-refractivity contribution >= 4 is 29.2 Å². The number of Topliss-reactive ketones (excluding diaryl/α,β-unsaturated/α-hetero) is 1. The van der Waals surface area contributed by atoms with E-state index in [0.717, 1.165) is 10.7 Å². The van der Waals surface area contributed by atoms with Crippen LogP contribution >= 0.6 is 11.3 Å². The van der Waals surface area contributed by atoms with E-state index in [-0.39, 0.29) is 18.1 Å². The fourth-order valence-corrected chi connectivity index (χ4v) is 5.07. The number of aryl methyl sites for hydroxylation is 1. The van der Waals surface area contributed by atoms with Gasteiger partial charge in [0.2, 0.25) is 0 Å². The molecule has 1 saturated heterocycles. The van der Waals surface area contributed by atoms with E-state index in [2.05, 4.69) is 4.98 Å². The van der Waals surface area contributed by atoms with Crippen LogP contribution in [0.3, 0.4) is 0 Å². The van der Waals surface area contributed by atoms with Crippen molar-refractivity contribution in [1.82, 2.24) is 4.98 Å². The normalized spacial score (nSPS) is 32.6. The van der Waals surface area contributed by atoms with Crippen LogP contribution in [0.4, 0.5) is 0 Å². The van der Waals surface area contributed by atoms with Gasteiger partial charge in [-0.3, -0.25) is 9.59 Å². The summed E-state index contributed by atoms with van der Waals surface area (Å²) >= 11 is 1.50. The van der Waals surface area contributed by atoms with Gasteiger partial charge in [0.15, 0.2) is 0 Å². The van der Waals surface area contributed by atoms with Crippen molar-refractivity contribution in [3.05, 3.63) is 21.7 Å². The molecule has 1 aromatic heterocycles. The molecule has 1 aliphatic heterocycles. The van der Waals surface area contributed by atoms with Gasteiger partial charge in [-0.25, -0.2) is 4.98 Å². The van der Waals surface area contributed by atoms with Crippen LogP contribution in [0.25, 0.3) is 6.08 Å². The Morgan fingerprint density at radius 1 is 1.26 bits per heavy atom. The Balaban J connectivity index is 2.23. The number of hydrogen-bond acceptors (Lipinski definition) is 9. The minimum Gasteiger partial charge on any atom is -0.459 e. The van der Waals surface area contributed by atoms with Gasteiger partial charge in [0.05, 0.1) is 47.0 Å². The van der Waals surface area contributed by atoms with Gasteiger partial charge >= 0.3 is 5.97 Å². The standard InChI is InChI=1S/C26H41NO7S/c1-14-8-7-9-19(28)21(11-20(29)15(2)10-18-13-35-17(4)27-18)34-23(31)12-22(30)26(5,6)25(33)16(3)24(14)32/h10,13-14,16,19-22,24,28-30,32H,7-9,11-12H2,1-6H3/b15-10+/t14-,16+,19-,20-,21?,22-,24-/m0/s1. The first kappa shape index (κ1) is 29.6. The van der Waals surface area contributed by atoms with Gasteiger partial charge in [0.25, 0.3) is 0 Å². The SMILES string of the molecule is C/C(=C\c1csc(C)n1)[C@@H](O)CC1OC(=O)C[C@H](O)C(C)(C)C(=O)[C@H](C)[C@@H](O)[C@@H](C)CCC[C@@H]1O. The van der Waals surface area contributed by atoms with Crippen LogP contribution in [0.2, 0.25) is 0 Å². The van der Waals surface area contributed by atoms with Crippen molar-refractivity contribution in [2.24, 2.45) is 17.3 Å². The fraction of sp³-hybridized carbons (Fsp3) is 0.731. The van der Waals surface area contributed by atoms with Crippen LogP contribution in [-0.4, -0.2) is 67.7 Å². The Morgan fingerprint density at radius 2 is 1.91 bits per heavy atom. The highest BCUT2D eigenvalue weighted by molar-refractivity contribution is 7.09. The fourth-order valence-electron chi connectivity index (χ4n) is 4.50. The first-order valence-electron chi connectivity index (χ1n) is 12.3. The van der Waals surface area contributed by atoms with Crippen LogP contribution in [0.15, 0.2) is 11.0 Å². The quantitative estimate of drug-likeness (QED) is 0.453. The first-order chi connectivity index (χ1) is 16.2. The third-order valence-electron chi connectivity index (χ3n) is 7.20. The molecule has 4 N–H and O–H groups in total. The van der Waals surface area contributed by atoms with Gasteiger partial charge in [-0.1, -0.05) is 34.1 Å². The number of carbonyl (C=O) groups is 2. The lowest BCUT2D eigenvalue weighted by molar-refractivity contribution is -0.163. The van der Waals surface area contributed by atoms with Crippen LogP contribution in [0.1, 0.15) is 77.4 Å². The molecule has 1 aliphatic rings. The van der Waals surface area contributed by atoms with Gasteiger partial charge < -0.3 is 25.2 Å². The minimum absolute atomic E-state index is 0.0218. The zero-order chi connectivity index (χ0) is 26.5. The van der Waals surface area contributed by atoms with E-state index < -0.39 is 54.2 Å². The van der Waals surface area contributed by atoms with Gasteiger partial charge in [-0.05, 0) is 44.3 Å². The number of thiazole rings is 1. The number of nitrogens with zero attached hydrogens (tertiary/aromatic N) is 1. The second-order valence-corrected chi connectivity index (χ2v) is 11.6. The summed E-state index contributed by atoms with van der Waals surface area (Å²) in [7, 11) is 0. The Morgan fingerprint density at radius 3 is 2.51 bits per heavy atom. The second kappa shape index (κ2) is 12.5. The molecule has 0 saturated carbocycles. The predicted octanol–water partition coefficient (Wildman–Crippen LogP) is 3.04. The molecule has 198 valence electrons. The van der Waals surface area contributed by atoms with Crippen molar-refractivity contribution < 1.29 is 34.8 Å². The highest BCUT2D eigenvalue weighted by Crippen LogP contribution is 2.32. The van der Waals surface area contributed by atoms with Gasteiger partial charge in [-0.15, -0.1) is 11.3 Å². The number of carbonyl (C=O) groups excluding carboxylic acids is 2.